The van der Waals surface area contributed by atoms with E-state index in [1.807, 2.05) is 30.3 Å². The molecule has 1 aliphatic rings. The molecule has 1 N–H and O–H groups in total. The lowest BCUT2D eigenvalue weighted by Crippen LogP contribution is -2.36. The fourth-order valence-corrected chi connectivity index (χ4v) is 4.35. The van der Waals surface area contributed by atoms with Crippen LogP contribution in [0.15, 0.2) is 68.0 Å². The largest absolute Gasteiger partial charge is 0.459 e. The summed E-state index contributed by atoms with van der Waals surface area (Å²) in [5.74, 6) is 1.76. The lowest BCUT2D eigenvalue weighted by Gasteiger charge is -2.28. The number of morpholine rings is 1. The zero-order chi connectivity index (χ0) is 18.6. The number of rotatable bonds is 5. The maximum absolute atomic E-state index is 6.00. The van der Waals surface area contributed by atoms with Crippen LogP contribution in [0.5, 0.6) is 0 Å². The summed E-state index contributed by atoms with van der Waals surface area (Å²) in [6, 6.07) is 18.6. The number of ether oxygens (including phenoxy) is 1. The van der Waals surface area contributed by atoms with Crippen molar-refractivity contribution in [1.29, 1.82) is 0 Å². The lowest BCUT2D eigenvalue weighted by molar-refractivity contribution is 0.122. The van der Waals surface area contributed by atoms with E-state index in [2.05, 4.69) is 66.3 Å². The fraction of sp³-hybridized carbons (Fsp3) is 0.238. The van der Waals surface area contributed by atoms with Gasteiger partial charge in [0, 0.05) is 39.0 Å². The van der Waals surface area contributed by atoms with E-state index in [-0.39, 0.29) is 0 Å². The Morgan fingerprint density at radius 1 is 0.926 bits per heavy atom. The van der Waals surface area contributed by atoms with E-state index in [1.165, 1.54) is 5.69 Å². The second-order valence-corrected chi connectivity index (χ2v) is 8.16. The van der Waals surface area contributed by atoms with Gasteiger partial charge in [-0.05, 0) is 70.5 Å². The molecule has 27 heavy (non-hydrogen) atoms. The Balaban J connectivity index is 1.38. The second kappa shape index (κ2) is 8.50. The molecule has 1 saturated heterocycles. The molecule has 0 unspecified atom stereocenters. The highest BCUT2D eigenvalue weighted by Gasteiger charge is 2.11. The Morgan fingerprint density at radius 2 is 1.70 bits per heavy atom. The summed E-state index contributed by atoms with van der Waals surface area (Å²) in [4.78, 5) is 2.35. The summed E-state index contributed by atoms with van der Waals surface area (Å²) in [6.07, 6.45) is 0. The summed E-state index contributed by atoms with van der Waals surface area (Å²) >= 11 is 7.07. The molecule has 0 amide bonds. The van der Waals surface area contributed by atoms with Gasteiger partial charge in [0.2, 0.25) is 0 Å². The molecule has 0 spiro atoms. The second-order valence-electron chi connectivity index (χ2n) is 6.39. The molecule has 1 aliphatic heterocycles. The van der Waals surface area contributed by atoms with Gasteiger partial charge >= 0.3 is 0 Å². The first-order chi connectivity index (χ1) is 13.2. The first-order valence-electron chi connectivity index (χ1n) is 8.90. The molecule has 4 nitrogen and oxygen atoms in total. The van der Waals surface area contributed by atoms with Crippen molar-refractivity contribution in [3.8, 4) is 11.3 Å². The van der Waals surface area contributed by atoms with Crippen LogP contribution in [-0.4, -0.2) is 26.3 Å². The van der Waals surface area contributed by atoms with Crippen molar-refractivity contribution >= 4 is 43.2 Å². The van der Waals surface area contributed by atoms with Gasteiger partial charge in [-0.25, -0.2) is 0 Å². The van der Waals surface area contributed by atoms with Crippen LogP contribution < -0.4 is 10.2 Å². The highest BCUT2D eigenvalue weighted by atomic mass is 79.9. The maximum atomic E-state index is 6.00. The van der Waals surface area contributed by atoms with E-state index < -0.39 is 0 Å². The highest BCUT2D eigenvalue weighted by Crippen LogP contribution is 2.32. The number of hydrogen-bond acceptors (Lipinski definition) is 4. The number of hydrogen-bond donors (Lipinski definition) is 1. The fourth-order valence-electron chi connectivity index (χ4n) is 3.11. The van der Waals surface area contributed by atoms with Crippen LogP contribution in [-0.2, 0) is 11.3 Å². The van der Waals surface area contributed by atoms with Crippen molar-refractivity contribution in [3.63, 3.8) is 0 Å². The number of nitrogens with zero attached hydrogens (tertiary/aromatic N) is 1. The van der Waals surface area contributed by atoms with E-state index >= 15 is 0 Å². The molecule has 0 saturated carbocycles. The zero-order valence-corrected chi connectivity index (χ0v) is 17.9. The average molecular weight is 492 g/mol. The molecule has 140 valence electrons. The molecular weight excluding hydrogens is 472 g/mol. The van der Waals surface area contributed by atoms with Crippen molar-refractivity contribution < 1.29 is 9.15 Å². The maximum Gasteiger partial charge on any atom is 0.135 e. The number of benzene rings is 2. The van der Waals surface area contributed by atoms with Gasteiger partial charge in [-0.2, -0.15) is 0 Å². The number of anilines is 2. The Kier molecular flexibility index (Phi) is 5.86. The molecular formula is C21H20Br2N2O2. The summed E-state index contributed by atoms with van der Waals surface area (Å²) in [6.45, 7) is 4.15. The average Bonchev–Trinajstić information content (AvgIpc) is 3.16. The minimum Gasteiger partial charge on any atom is -0.459 e. The van der Waals surface area contributed by atoms with Crippen LogP contribution in [0.1, 0.15) is 5.76 Å². The van der Waals surface area contributed by atoms with Gasteiger partial charge in [0.05, 0.1) is 19.8 Å². The van der Waals surface area contributed by atoms with Crippen LogP contribution in [0.2, 0.25) is 0 Å². The van der Waals surface area contributed by atoms with Crippen LogP contribution in [0.25, 0.3) is 11.3 Å². The minimum atomic E-state index is 0.644. The van der Waals surface area contributed by atoms with Crippen LogP contribution in [0.3, 0.4) is 0 Å². The molecule has 2 aromatic carbocycles. The van der Waals surface area contributed by atoms with E-state index in [1.54, 1.807) is 0 Å². The quantitative estimate of drug-likeness (QED) is 0.480. The van der Waals surface area contributed by atoms with Crippen molar-refractivity contribution in [2.45, 2.75) is 6.54 Å². The Bertz CT molecular complexity index is 903. The lowest BCUT2D eigenvalue weighted by atomic mass is 10.2. The van der Waals surface area contributed by atoms with Crippen LogP contribution in [0.4, 0.5) is 11.4 Å². The van der Waals surface area contributed by atoms with Crippen molar-refractivity contribution in [1.82, 2.24) is 0 Å². The van der Waals surface area contributed by atoms with Gasteiger partial charge in [-0.1, -0.05) is 15.9 Å². The Labute approximate surface area is 175 Å². The molecule has 1 fully saturated rings. The predicted molar refractivity (Wildman–Crippen MR) is 116 cm³/mol. The van der Waals surface area contributed by atoms with Crippen molar-refractivity contribution in [3.05, 3.63) is 69.3 Å². The van der Waals surface area contributed by atoms with E-state index in [0.717, 1.165) is 58.0 Å². The molecule has 4 rings (SSSR count). The summed E-state index contributed by atoms with van der Waals surface area (Å²) in [7, 11) is 0. The molecule has 0 atom stereocenters. The summed E-state index contributed by atoms with van der Waals surface area (Å²) in [5.41, 5.74) is 3.36. The van der Waals surface area contributed by atoms with Gasteiger partial charge in [0.1, 0.15) is 11.5 Å². The molecule has 0 aliphatic carbocycles. The SMILES string of the molecule is Brc1ccc(-c2ccc(CNc3ccc(N4CCOCC4)cc3)o2)c(Br)c1. The van der Waals surface area contributed by atoms with Crippen LogP contribution >= 0.6 is 31.9 Å². The summed E-state index contributed by atoms with van der Waals surface area (Å²) in [5, 5.41) is 3.42. The van der Waals surface area contributed by atoms with Gasteiger partial charge in [0.25, 0.3) is 0 Å². The zero-order valence-electron chi connectivity index (χ0n) is 14.8. The number of nitrogens with one attached hydrogen (secondary N) is 1. The van der Waals surface area contributed by atoms with Gasteiger partial charge in [0.15, 0.2) is 0 Å². The van der Waals surface area contributed by atoms with Gasteiger partial charge < -0.3 is 19.4 Å². The van der Waals surface area contributed by atoms with E-state index in [4.69, 9.17) is 9.15 Å². The Morgan fingerprint density at radius 3 is 2.44 bits per heavy atom. The van der Waals surface area contributed by atoms with Gasteiger partial charge in [-0.3, -0.25) is 0 Å². The Hall–Kier alpha value is -1.76. The van der Waals surface area contributed by atoms with Crippen molar-refractivity contribution in [2.24, 2.45) is 0 Å². The molecule has 0 bridgehead atoms. The minimum absolute atomic E-state index is 0.644. The topological polar surface area (TPSA) is 37.6 Å². The molecule has 2 heterocycles. The van der Waals surface area contributed by atoms with E-state index in [9.17, 15) is 0 Å². The first kappa shape index (κ1) is 18.6. The normalized spacial score (nSPS) is 14.4. The third-order valence-electron chi connectivity index (χ3n) is 4.57. The first-order valence-corrected chi connectivity index (χ1v) is 10.5. The monoisotopic (exact) mass is 490 g/mol. The summed E-state index contributed by atoms with van der Waals surface area (Å²) < 4.78 is 13.4. The molecule has 1 aromatic heterocycles. The molecule has 3 aromatic rings. The highest BCUT2D eigenvalue weighted by molar-refractivity contribution is 9.11. The smallest absolute Gasteiger partial charge is 0.135 e. The molecule has 0 radical (unpaired) electrons. The number of halogens is 2. The van der Waals surface area contributed by atoms with E-state index in [0.29, 0.717) is 6.54 Å². The third kappa shape index (κ3) is 4.57. The number of furan rings is 1. The van der Waals surface area contributed by atoms with Crippen LogP contribution in [0, 0.1) is 0 Å². The standard InChI is InChI=1S/C21H20Br2N2O2/c22-15-1-7-19(20(23)13-15)21-8-6-18(27-21)14-24-16-2-4-17(5-3-16)25-9-11-26-12-10-25/h1-8,13,24H,9-12,14H2. The predicted octanol–water partition coefficient (Wildman–Crippen LogP) is 5.92. The van der Waals surface area contributed by atoms with Gasteiger partial charge in [-0.15, -0.1) is 0 Å². The van der Waals surface area contributed by atoms with Crippen molar-refractivity contribution in [2.75, 3.05) is 36.5 Å². The third-order valence-corrected chi connectivity index (χ3v) is 5.72. The molecule has 6 heteroatoms.